The second-order valence-electron chi connectivity index (χ2n) is 7.82. The summed E-state index contributed by atoms with van der Waals surface area (Å²) in [6, 6.07) is 10.4. The van der Waals surface area contributed by atoms with E-state index in [0.29, 0.717) is 0 Å². The summed E-state index contributed by atoms with van der Waals surface area (Å²) in [5.41, 5.74) is 2.70. The summed E-state index contributed by atoms with van der Waals surface area (Å²) in [6.45, 7) is 6.73. The number of carbonyl (C=O) groups excluding carboxylic acids is 1. The van der Waals surface area contributed by atoms with Crippen LogP contribution < -0.4 is 4.74 Å². The minimum atomic E-state index is 0.228. The van der Waals surface area contributed by atoms with Crippen LogP contribution in [0.3, 0.4) is 0 Å². The number of ether oxygens (including phenoxy) is 1. The lowest BCUT2D eigenvalue weighted by atomic mass is 9.90. The molecule has 5 heteroatoms. The average Bonchev–Trinajstić information content (AvgIpc) is 3.12. The third-order valence-corrected chi connectivity index (χ3v) is 6.99. The first-order valence-corrected chi connectivity index (χ1v) is 10.7. The lowest BCUT2D eigenvalue weighted by molar-refractivity contribution is 0.0633. The van der Waals surface area contributed by atoms with E-state index in [4.69, 9.17) is 4.74 Å². The van der Waals surface area contributed by atoms with Gasteiger partial charge in [-0.2, -0.15) is 0 Å². The number of benzene rings is 1. The first-order valence-electron chi connectivity index (χ1n) is 9.88. The fourth-order valence-corrected chi connectivity index (χ4v) is 5.24. The summed E-state index contributed by atoms with van der Waals surface area (Å²) in [7, 11) is 1.69. The first-order chi connectivity index (χ1) is 13.1. The van der Waals surface area contributed by atoms with Crippen molar-refractivity contribution in [1.82, 2.24) is 9.80 Å². The molecule has 27 heavy (non-hydrogen) atoms. The Morgan fingerprint density at radius 2 is 1.93 bits per heavy atom. The minimum absolute atomic E-state index is 0.228. The van der Waals surface area contributed by atoms with Gasteiger partial charge in [-0.15, -0.1) is 11.3 Å². The largest absolute Gasteiger partial charge is 0.497 e. The van der Waals surface area contributed by atoms with Crippen molar-refractivity contribution in [2.45, 2.75) is 32.7 Å². The van der Waals surface area contributed by atoms with Gasteiger partial charge in [0.2, 0.25) is 0 Å². The monoisotopic (exact) mass is 384 g/mol. The zero-order chi connectivity index (χ0) is 18.8. The van der Waals surface area contributed by atoms with E-state index in [1.807, 2.05) is 17.0 Å². The zero-order valence-electron chi connectivity index (χ0n) is 16.2. The molecule has 4 nitrogen and oxygen atoms in total. The standard InChI is InChI=1S/C22H28N2O2S/c1-16-3-8-20-18(13-16)14-21(27-20)22(25)24-11-9-23(10-12-24)15-17-4-6-19(26-2)7-5-17/h4-7,14,16H,3,8-13,15H2,1-2H3. The van der Waals surface area contributed by atoms with Crippen molar-refractivity contribution in [2.75, 3.05) is 33.3 Å². The zero-order valence-corrected chi connectivity index (χ0v) is 17.1. The van der Waals surface area contributed by atoms with Gasteiger partial charge < -0.3 is 9.64 Å². The molecule has 4 rings (SSSR count). The van der Waals surface area contributed by atoms with Gasteiger partial charge in [-0.3, -0.25) is 9.69 Å². The van der Waals surface area contributed by atoms with Crippen LogP contribution in [0.1, 0.15) is 39.0 Å². The predicted molar refractivity (Wildman–Crippen MR) is 110 cm³/mol. The molecule has 0 spiro atoms. The van der Waals surface area contributed by atoms with E-state index < -0.39 is 0 Å². The lowest BCUT2D eigenvalue weighted by Crippen LogP contribution is -2.48. The fraction of sp³-hybridized carbons (Fsp3) is 0.500. The van der Waals surface area contributed by atoms with Crippen LogP contribution in [0.15, 0.2) is 30.3 Å². The molecule has 1 unspecified atom stereocenters. The normalized spacial score (nSPS) is 20.4. The van der Waals surface area contributed by atoms with Crippen molar-refractivity contribution in [3.63, 3.8) is 0 Å². The molecule has 1 aliphatic heterocycles. The van der Waals surface area contributed by atoms with Crippen LogP contribution in [0.25, 0.3) is 0 Å². The van der Waals surface area contributed by atoms with Gasteiger partial charge in [-0.05, 0) is 54.5 Å². The number of aryl methyl sites for hydroxylation is 1. The maximum Gasteiger partial charge on any atom is 0.264 e. The second kappa shape index (κ2) is 8.03. The van der Waals surface area contributed by atoms with E-state index in [1.165, 1.54) is 22.4 Å². The van der Waals surface area contributed by atoms with Gasteiger partial charge in [0.1, 0.15) is 5.75 Å². The number of methoxy groups -OCH3 is 1. The van der Waals surface area contributed by atoms with Crippen LogP contribution in [-0.2, 0) is 19.4 Å². The molecule has 0 saturated carbocycles. The average molecular weight is 385 g/mol. The van der Waals surface area contributed by atoms with E-state index in [-0.39, 0.29) is 5.91 Å². The Hall–Kier alpha value is -1.85. The predicted octanol–water partition coefficient (Wildman–Crippen LogP) is 3.84. The molecular weight excluding hydrogens is 356 g/mol. The van der Waals surface area contributed by atoms with Crippen molar-refractivity contribution in [3.8, 4) is 5.75 Å². The van der Waals surface area contributed by atoms with Crippen molar-refractivity contribution < 1.29 is 9.53 Å². The van der Waals surface area contributed by atoms with Crippen LogP contribution in [0, 0.1) is 5.92 Å². The maximum atomic E-state index is 12.9. The highest BCUT2D eigenvalue weighted by molar-refractivity contribution is 7.14. The molecule has 1 saturated heterocycles. The highest BCUT2D eigenvalue weighted by Gasteiger charge is 2.26. The molecule has 0 bridgehead atoms. The molecule has 1 aliphatic carbocycles. The third-order valence-electron chi connectivity index (χ3n) is 5.76. The van der Waals surface area contributed by atoms with E-state index in [0.717, 1.165) is 62.1 Å². The first kappa shape index (κ1) is 18.5. The van der Waals surface area contributed by atoms with Gasteiger partial charge in [-0.25, -0.2) is 0 Å². The van der Waals surface area contributed by atoms with Crippen LogP contribution in [0.2, 0.25) is 0 Å². The van der Waals surface area contributed by atoms with E-state index in [9.17, 15) is 4.79 Å². The second-order valence-corrected chi connectivity index (χ2v) is 8.96. The summed E-state index contributed by atoms with van der Waals surface area (Å²) in [6.07, 6.45) is 3.53. The minimum Gasteiger partial charge on any atom is -0.497 e. The van der Waals surface area contributed by atoms with Crippen molar-refractivity contribution in [3.05, 3.63) is 51.2 Å². The number of carbonyl (C=O) groups is 1. The molecule has 1 aromatic carbocycles. The molecule has 2 aliphatic rings. The Labute approximate surface area is 165 Å². The van der Waals surface area contributed by atoms with Gasteiger partial charge >= 0.3 is 0 Å². The molecule has 1 aromatic heterocycles. The number of hydrogen-bond acceptors (Lipinski definition) is 4. The maximum absolute atomic E-state index is 12.9. The summed E-state index contributed by atoms with van der Waals surface area (Å²) >= 11 is 1.73. The lowest BCUT2D eigenvalue weighted by Gasteiger charge is -2.34. The van der Waals surface area contributed by atoms with Crippen LogP contribution in [-0.4, -0.2) is 49.0 Å². The number of amides is 1. The molecule has 1 atom stereocenters. The summed E-state index contributed by atoms with van der Waals surface area (Å²) in [4.78, 5) is 19.8. The molecule has 1 amide bonds. The quantitative estimate of drug-likeness (QED) is 0.803. The summed E-state index contributed by atoms with van der Waals surface area (Å²) in [5, 5.41) is 0. The summed E-state index contributed by atoms with van der Waals surface area (Å²) < 4.78 is 5.22. The molecule has 2 heterocycles. The fourth-order valence-electron chi connectivity index (χ4n) is 4.07. The van der Waals surface area contributed by atoms with E-state index in [2.05, 4.69) is 30.0 Å². The number of thiophene rings is 1. The van der Waals surface area contributed by atoms with Gasteiger partial charge in [0.05, 0.1) is 12.0 Å². The molecular formula is C22H28N2O2S. The van der Waals surface area contributed by atoms with Gasteiger partial charge in [0.15, 0.2) is 0 Å². The number of fused-ring (bicyclic) bond motifs is 1. The van der Waals surface area contributed by atoms with Gasteiger partial charge in [0, 0.05) is 37.6 Å². The molecule has 0 N–H and O–H groups in total. The highest BCUT2D eigenvalue weighted by Crippen LogP contribution is 2.32. The SMILES string of the molecule is COc1ccc(CN2CCN(C(=O)c3cc4c(s3)CCC(C)C4)CC2)cc1. The van der Waals surface area contributed by atoms with E-state index >= 15 is 0 Å². The van der Waals surface area contributed by atoms with Crippen molar-refractivity contribution >= 4 is 17.2 Å². The topological polar surface area (TPSA) is 32.8 Å². The Kier molecular flexibility index (Phi) is 5.50. The number of rotatable bonds is 4. The molecule has 144 valence electrons. The Morgan fingerprint density at radius 3 is 2.63 bits per heavy atom. The van der Waals surface area contributed by atoms with E-state index in [1.54, 1.807) is 18.4 Å². The van der Waals surface area contributed by atoms with Crippen LogP contribution >= 0.6 is 11.3 Å². The van der Waals surface area contributed by atoms with Crippen LogP contribution in [0.5, 0.6) is 5.75 Å². The van der Waals surface area contributed by atoms with Crippen LogP contribution in [0.4, 0.5) is 0 Å². The number of piperazine rings is 1. The molecule has 2 aromatic rings. The Morgan fingerprint density at radius 1 is 1.19 bits per heavy atom. The molecule has 1 fully saturated rings. The Bertz CT molecular complexity index is 791. The Balaban J connectivity index is 1.32. The van der Waals surface area contributed by atoms with Gasteiger partial charge in [-0.1, -0.05) is 19.1 Å². The molecule has 0 radical (unpaired) electrons. The number of hydrogen-bond donors (Lipinski definition) is 0. The van der Waals surface area contributed by atoms with Gasteiger partial charge in [0.25, 0.3) is 5.91 Å². The van der Waals surface area contributed by atoms with Crippen molar-refractivity contribution in [2.24, 2.45) is 5.92 Å². The third kappa shape index (κ3) is 4.19. The smallest absolute Gasteiger partial charge is 0.264 e. The highest BCUT2D eigenvalue weighted by atomic mass is 32.1. The summed E-state index contributed by atoms with van der Waals surface area (Å²) in [5.74, 6) is 1.87. The number of nitrogens with zero attached hydrogens (tertiary/aromatic N) is 2. The van der Waals surface area contributed by atoms with Crippen molar-refractivity contribution in [1.29, 1.82) is 0 Å².